The van der Waals surface area contributed by atoms with Crippen LogP contribution in [0.25, 0.3) is 0 Å². The van der Waals surface area contributed by atoms with E-state index in [1.165, 1.54) is 12.5 Å². The molecule has 2 aromatic heterocycles. The Kier molecular flexibility index (Phi) is 11.0. The lowest BCUT2D eigenvalue weighted by Crippen LogP contribution is -2.47. The monoisotopic (exact) mass is 644 g/mol. The number of furan rings is 1. The number of carbonyl (C=O) groups excluding carboxylic acids is 4. The van der Waals surface area contributed by atoms with Crippen molar-refractivity contribution in [2.75, 3.05) is 49.5 Å². The molecule has 0 aliphatic carbocycles. The van der Waals surface area contributed by atoms with Crippen LogP contribution in [0.5, 0.6) is 0 Å². The zero-order chi connectivity index (χ0) is 32.5. The van der Waals surface area contributed by atoms with Crippen molar-refractivity contribution in [3.63, 3.8) is 0 Å². The first-order valence-electron chi connectivity index (χ1n) is 15.1. The molecule has 2 saturated heterocycles. The van der Waals surface area contributed by atoms with Crippen molar-refractivity contribution >= 4 is 40.1 Å². The fourth-order valence-electron chi connectivity index (χ4n) is 5.02. The number of hydrogen-bond acceptors (Lipinski definition) is 7. The third kappa shape index (κ3) is 8.89. The molecule has 2 fully saturated rings. The molecule has 2 aliphatic rings. The lowest BCUT2D eigenvalue weighted by atomic mass is 10.1. The summed E-state index contributed by atoms with van der Waals surface area (Å²) < 4.78 is 9.65. The number of carbonyl (C=O) groups is 4. The van der Waals surface area contributed by atoms with Gasteiger partial charge < -0.3 is 30.0 Å². The highest BCUT2D eigenvalue weighted by Crippen LogP contribution is 2.15. The normalized spacial score (nSPS) is 16.3. The van der Waals surface area contributed by atoms with Gasteiger partial charge in [-0.15, -0.1) is 0 Å². The Morgan fingerprint density at radius 2 is 1.87 bits per heavy atom. The summed E-state index contributed by atoms with van der Waals surface area (Å²) in [5.41, 5.74) is 2.88. The van der Waals surface area contributed by atoms with Crippen molar-refractivity contribution in [1.82, 2.24) is 20.1 Å². The smallest absolute Gasteiger partial charge is 0.317 e. The van der Waals surface area contributed by atoms with Crippen LogP contribution in [-0.4, -0.2) is 94.0 Å². The predicted molar refractivity (Wildman–Crippen MR) is 173 cm³/mol. The Bertz CT molecular complexity index is 1700. The number of anilines is 1. The van der Waals surface area contributed by atoms with Crippen molar-refractivity contribution in [2.45, 2.75) is 32.3 Å². The SMILES string of the molecule is Cc1ccoc1C(=O)Nc1cccc(C#Cc2cncc(C(=O)N=S3CCN(C(=O)NCCCC(=O)N4CCC(O)C4)CC3)c2)c1. The summed E-state index contributed by atoms with van der Waals surface area (Å²) in [4.78, 5) is 57.7. The van der Waals surface area contributed by atoms with E-state index in [2.05, 4.69) is 31.8 Å². The number of nitrogens with one attached hydrogen (secondary N) is 2. The summed E-state index contributed by atoms with van der Waals surface area (Å²) in [5.74, 6) is 6.79. The van der Waals surface area contributed by atoms with Crippen molar-refractivity contribution in [1.29, 1.82) is 0 Å². The van der Waals surface area contributed by atoms with E-state index in [-0.39, 0.29) is 29.5 Å². The second-order valence-corrected chi connectivity index (χ2v) is 13.0. The highest BCUT2D eigenvalue weighted by molar-refractivity contribution is 7.87. The van der Waals surface area contributed by atoms with Crippen LogP contribution >= 0.6 is 0 Å². The first kappa shape index (κ1) is 32.6. The van der Waals surface area contributed by atoms with E-state index in [0.717, 1.165) is 5.56 Å². The number of rotatable bonds is 7. The first-order chi connectivity index (χ1) is 22.2. The van der Waals surface area contributed by atoms with Gasteiger partial charge in [-0.1, -0.05) is 28.6 Å². The topological polar surface area (TPSA) is 157 Å². The number of pyridine rings is 1. The van der Waals surface area contributed by atoms with Crippen LogP contribution in [0.2, 0.25) is 0 Å². The minimum absolute atomic E-state index is 0.000808. The summed E-state index contributed by atoms with van der Waals surface area (Å²) in [7, 11) is -0.513. The second kappa shape index (κ2) is 15.5. The average Bonchev–Trinajstić information content (AvgIpc) is 3.70. The average molecular weight is 645 g/mol. The molecule has 1 atom stereocenters. The Morgan fingerprint density at radius 3 is 2.61 bits per heavy atom. The molecule has 3 aromatic rings. The van der Waals surface area contributed by atoms with Crippen LogP contribution in [-0.2, 0) is 15.5 Å². The number of aromatic nitrogens is 1. The lowest BCUT2D eigenvalue weighted by Gasteiger charge is -2.28. The minimum Gasteiger partial charge on any atom is -0.459 e. The molecule has 0 spiro atoms. The molecule has 1 unspecified atom stereocenters. The van der Waals surface area contributed by atoms with Gasteiger partial charge in [-0.25, -0.2) is 4.79 Å². The zero-order valence-corrected chi connectivity index (χ0v) is 26.3. The molecular weight excluding hydrogens is 608 g/mol. The van der Waals surface area contributed by atoms with Crippen molar-refractivity contribution in [2.24, 2.45) is 4.36 Å². The Hall–Kier alpha value is -4.80. The number of β-amino-alcohol motifs (C(OH)–C–C–N with tert-alkyl or cyclic N) is 1. The summed E-state index contributed by atoms with van der Waals surface area (Å²) in [6.07, 6.45) is 5.55. The summed E-state index contributed by atoms with van der Waals surface area (Å²) >= 11 is 0. The number of amides is 5. The van der Waals surface area contributed by atoms with Gasteiger partial charge in [0.05, 0.1) is 17.9 Å². The molecule has 12 nitrogen and oxygen atoms in total. The highest BCUT2D eigenvalue weighted by atomic mass is 32.2. The number of aryl methyl sites for hydroxylation is 1. The predicted octanol–water partition coefficient (Wildman–Crippen LogP) is 2.98. The molecule has 46 heavy (non-hydrogen) atoms. The Balaban J connectivity index is 1.08. The van der Waals surface area contributed by atoms with Crippen LogP contribution in [0.1, 0.15) is 56.9 Å². The van der Waals surface area contributed by atoms with E-state index in [1.54, 1.807) is 53.3 Å². The van der Waals surface area contributed by atoms with Crippen LogP contribution in [0.4, 0.5) is 10.5 Å². The molecule has 1 aromatic carbocycles. The van der Waals surface area contributed by atoms with Crippen molar-refractivity contribution in [3.05, 3.63) is 83.1 Å². The fraction of sp³-hybridized carbons (Fsp3) is 0.364. The third-order valence-corrected chi connectivity index (χ3v) is 9.31. The third-order valence-electron chi connectivity index (χ3n) is 7.58. The molecule has 5 rings (SSSR count). The van der Waals surface area contributed by atoms with E-state index < -0.39 is 16.8 Å². The fourth-order valence-corrected chi connectivity index (χ4v) is 6.61. The molecule has 3 N–H and O–H groups in total. The molecule has 0 radical (unpaired) electrons. The van der Waals surface area contributed by atoms with E-state index >= 15 is 0 Å². The number of aliphatic hydroxyl groups excluding tert-OH is 1. The zero-order valence-electron chi connectivity index (χ0n) is 25.5. The number of benzene rings is 1. The molecule has 5 amide bonds. The van der Waals surface area contributed by atoms with Crippen LogP contribution < -0.4 is 10.6 Å². The largest absolute Gasteiger partial charge is 0.459 e. The maximum atomic E-state index is 12.9. The van der Waals surface area contributed by atoms with Crippen molar-refractivity contribution < 1.29 is 28.7 Å². The Morgan fingerprint density at radius 1 is 1.07 bits per heavy atom. The summed E-state index contributed by atoms with van der Waals surface area (Å²) in [5, 5.41) is 15.3. The quantitative estimate of drug-likeness (QED) is 0.264. The van der Waals surface area contributed by atoms with Gasteiger partial charge in [-0.2, -0.15) is 4.36 Å². The lowest BCUT2D eigenvalue weighted by molar-refractivity contribution is -0.130. The summed E-state index contributed by atoms with van der Waals surface area (Å²) in [6, 6.07) is 10.3. The number of nitrogens with zero attached hydrogens (tertiary/aromatic N) is 4. The van der Waals surface area contributed by atoms with Gasteiger partial charge in [0.1, 0.15) is 0 Å². The maximum absolute atomic E-state index is 12.9. The van der Waals surface area contributed by atoms with E-state index in [9.17, 15) is 24.3 Å². The molecule has 13 heteroatoms. The number of likely N-dealkylation sites (tertiary alicyclic amines) is 1. The van der Waals surface area contributed by atoms with E-state index in [0.29, 0.717) is 85.9 Å². The van der Waals surface area contributed by atoms with E-state index in [1.807, 2.05) is 6.07 Å². The molecule has 0 saturated carbocycles. The number of urea groups is 1. The number of hydrogen-bond donors (Lipinski definition) is 3. The Labute approximate surface area is 269 Å². The van der Waals surface area contributed by atoms with Gasteiger partial charge >= 0.3 is 6.03 Å². The van der Waals surface area contributed by atoms with Gasteiger partial charge in [0.2, 0.25) is 5.91 Å². The van der Waals surface area contributed by atoms with Crippen LogP contribution in [0.3, 0.4) is 0 Å². The minimum atomic E-state index is -0.513. The maximum Gasteiger partial charge on any atom is 0.317 e. The van der Waals surface area contributed by atoms with Gasteiger partial charge in [0, 0.05) is 85.4 Å². The van der Waals surface area contributed by atoms with Gasteiger partial charge in [0.15, 0.2) is 5.76 Å². The summed E-state index contributed by atoms with van der Waals surface area (Å²) in [6.45, 7) is 4.13. The van der Waals surface area contributed by atoms with Crippen LogP contribution in [0.15, 0.2) is 63.8 Å². The molecule has 4 heterocycles. The van der Waals surface area contributed by atoms with Gasteiger partial charge in [-0.3, -0.25) is 19.4 Å². The first-order valence-corrected chi connectivity index (χ1v) is 16.6. The number of aliphatic hydroxyl groups is 1. The van der Waals surface area contributed by atoms with Gasteiger partial charge in [0.25, 0.3) is 11.8 Å². The van der Waals surface area contributed by atoms with Crippen LogP contribution in [0, 0.1) is 18.8 Å². The highest BCUT2D eigenvalue weighted by Gasteiger charge is 2.24. The molecule has 240 valence electrons. The molecule has 0 bridgehead atoms. The molecular formula is C33H36N6O6S. The standard InChI is InChI=1S/C33H36N6O6S/c1-23-10-15-45-30(23)32(43)36-27-5-2-4-24(19-27)7-8-25-18-26(21-34-20-25)31(42)37-46-16-13-38(14-17-46)33(44)35-11-3-6-29(41)39-12-9-28(40)22-39/h2,4-5,10,15,18-21,28,40H,3,6,9,11-14,16-17,22H2,1H3,(H,35,44)(H,36,43). The molecule has 2 aliphatic heterocycles. The van der Waals surface area contributed by atoms with E-state index in [4.69, 9.17) is 4.42 Å². The second-order valence-electron chi connectivity index (χ2n) is 11.1. The van der Waals surface area contributed by atoms with Crippen molar-refractivity contribution in [3.8, 4) is 11.8 Å². The van der Waals surface area contributed by atoms with Gasteiger partial charge in [-0.05, 0) is 50.1 Å².